The molecule has 1 amide bonds. The summed E-state index contributed by atoms with van der Waals surface area (Å²) in [4.78, 5) is 14.4. The number of hydrogen-bond acceptors (Lipinski definition) is 5. The third kappa shape index (κ3) is 4.68. The lowest BCUT2D eigenvalue weighted by atomic mass is 9.98. The Morgan fingerprint density at radius 2 is 1.66 bits per heavy atom. The summed E-state index contributed by atoms with van der Waals surface area (Å²) in [6.45, 7) is 6.11. The minimum absolute atomic E-state index is 0.0319. The zero-order chi connectivity index (χ0) is 25.3. The second-order valence-corrected chi connectivity index (χ2v) is 11.0. The molecule has 4 rings (SSSR count). The lowest BCUT2D eigenvalue weighted by Gasteiger charge is -2.27. The summed E-state index contributed by atoms with van der Waals surface area (Å²) in [5, 5.41) is 10.9. The summed E-state index contributed by atoms with van der Waals surface area (Å²) in [5.74, 6) is -0.554. The first-order valence-corrected chi connectivity index (χ1v) is 12.9. The Morgan fingerprint density at radius 1 is 1.00 bits per heavy atom. The number of sulfone groups is 1. The number of rotatable bonds is 7. The summed E-state index contributed by atoms with van der Waals surface area (Å²) in [6.07, 6.45) is 0. The fourth-order valence-electron chi connectivity index (χ4n) is 4.27. The van der Waals surface area contributed by atoms with E-state index in [-0.39, 0.29) is 16.3 Å². The molecule has 0 aliphatic carbocycles. The number of hydrogen-bond donors (Lipinski definition) is 1. The van der Waals surface area contributed by atoms with E-state index in [0.717, 1.165) is 16.7 Å². The van der Waals surface area contributed by atoms with Crippen molar-refractivity contribution in [3.63, 3.8) is 0 Å². The maximum absolute atomic E-state index is 13.7. The highest BCUT2D eigenvalue weighted by atomic mass is 32.2. The molecule has 0 spiro atoms. The summed E-state index contributed by atoms with van der Waals surface area (Å²) >= 11 is 0. The van der Waals surface area contributed by atoms with Gasteiger partial charge in [-0.15, -0.1) is 0 Å². The molecule has 0 fully saturated rings. The third-order valence-electron chi connectivity index (χ3n) is 6.28. The molecule has 0 aromatic heterocycles. The summed E-state index contributed by atoms with van der Waals surface area (Å²) in [5.41, 5.74) is 3.36. The Labute approximate surface area is 206 Å². The van der Waals surface area contributed by atoms with Gasteiger partial charge >= 0.3 is 0 Å². The normalized spacial score (nSPS) is 16.3. The molecule has 0 unspecified atom stereocenters. The molecule has 0 saturated carbocycles. The Bertz CT molecular complexity index is 1370. The molecule has 0 saturated heterocycles. The van der Waals surface area contributed by atoms with Crippen LogP contribution in [0.3, 0.4) is 0 Å². The van der Waals surface area contributed by atoms with Gasteiger partial charge in [0.05, 0.1) is 18.0 Å². The highest BCUT2D eigenvalue weighted by Gasteiger charge is 2.46. The van der Waals surface area contributed by atoms with E-state index < -0.39 is 27.5 Å². The van der Waals surface area contributed by atoms with E-state index in [1.54, 1.807) is 37.4 Å². The number of carbonyl (C=O) groups excluding carboxylic acids is 1. The maximum Gasteiger partial charge on any atom is 0.290 e. The summed E-state index contributed by atoms with van der Waals surface area (Å²) in [6, 6.07) is 20.2. The van der Waals surface area contributed by atoms with Crippen LogP contribution >= 0.6 is 0 Å². The monoisotopic (exact) mass is 491 g/mol. The number of ether oxygens (including phenoxy) is 1. The molecule has 0 bridgehead atoms. The number of nitrogens with zero attached hydrogens (tertiary/aromatic N) is 1. The molecule has 1 N–H and O–H groups in total. The van der Waals surface area contributed by atoms with Gasteiger partial charge in [0.25, 0.3) is 5.91 Å². The third-order valence-corrected chi connectivity index (χ3v) is 8.17. The van der Waals surface area contributed by atoms with Crippen molar-refractivity contribution in [2.45, 2.75) is 44.2 Å². The number of aryl methyl sites for hydroxylation is 1. The topological polar surface area (TPSA) is 83.9 Å². The summed E-state index contributed by atoms with van der Waals surface area (Å²) < 4.78 is 32.8. The van der Waals surface area contributed by atoms with E-state index >= 15 is 0 Å². The molecule has 35 heavy (non-hydrogen) atoms. The van der Waals surface area contributed by atoms with E-state index in [1.165, 1.54) is 17.0 Å². The van der Waals surface area contributed by atoms with Crippen LogP contribution < -0.4 is 4.74 Å². The lowest BCUT2D eigenvalue weighted by molar-refractivity contribution is -0.130. The van der Waals surface area contributed by atoms with Gasteiger partial charge in [0.15, 0.2) is 5.76 Å². The fourth-order valence-corrected chi connectivity index (χ4v) is 5.92. The van der Waals surface area contributed by atoms with E-state index in [0.29, 0.717) is 17.2 Å². The van der Waals surface area contributed by atoms with E-state index in [4.69, 9.17) is 4.74 Å². The molecule has 3 aromatic rings. The molecule has 6 nitrogen and oxygen atoms in total. The van der Waals surface area contributed by atoms with Crippen LogP contribution in [0.15, 0.2) is 88.4 Å². The molecule has 0 radical (unpaired) electrons. The van der Waals surface area contributed by atoms with Crippen molar-refractivity contribution >= 4 is 15.7 Å². The van der Waals surface area contributed by atoms with Gasteiger partial charge in [-0.25, -0.2) is 8.42 Å². The number of aliphatic hydroxyl groups excluding tert-OH is 1. The van der Waals surface area contributed by atoms with Crippen molar-refractivity contribution in [3.8, 4) is 5.75 Å². The average Bonchev–Trinajstić information content (AvgIpc) is 3.10. The van der Waals surface area contributed by atoms with Crippen LogP contribution in [-0.2, 0) is 21.2 Å². The van der Waals surface area contributed by atoms with Crippen LogP contribution in [0.2, 0.25) is 0 Å². The Kier molecular flexibility index (Phi) is 6.72. The largest absolute Gasteiger partial charge is 0.502 e. The first-order chi connectivity index (χ1) is 16.6. The molecule has 1 heterocycles. The van der Waals surface area contributed by atoms with Gasteiger partial charge in [-0.2, -0.15) is 0 Å². The first-order valence-electron chi connectivity index (χ1n) is 11.4. The number of carbonyl (C=O) groups is 1. The molecule has 7 heteroatoms. The van der Waals surface area contributed by atoms with Crippen molar-refractivity contribution < 1.29 is 23.1 Å². The van der Waals surface area contributed by atoms with Gasteiger partial charge in [0.1, 0.15) is 10.7 Å². The van der Waals surface area contributed by atoms with Gasteiger partial charge in [-0.3, -0.25) is 4.79 Å². The van der Waals surface area contributed by atoms with Gasteiger partial charge in [-0.1, -0.05) is 67.9 Å². The Morgan fingerprint density at radius 3 is 2.26 bits per heavy atom. The minimum Gasteiger partial charge on any atom is -0.502 e. The Balaban J connectivity index is 1.84. The average molecular weight is 492 g/mol. The standard InChI is InChI=1S/C28H29NO5S/c1-18(2)21-10-12-22(13-11-21)25-27(35(32,33)24-14-8-19(3)9-15-24)26(30)28(31)29(25)17-20-6-5-7-23(16-20)34-4/h5-16,18,25,30H,17H2,1-4H3/t25-/m0/s1. The van der Waals surface area contributed by atoms with Crippen molar-refractivity contribution in [3.05, 3.63) is 106 Å². The van der Waals surface area contributed by atoms with Crippen molar-refractivity contribution in [1.82, 2.24) is 4.90 Å². The molecule has 1 atom stereocenters. The first kappa shape index (κ1) is 24.5. The maximum atomic E-state index is 13.7. The van der Waals surface area contributed by atoms with Gasteiger partial charge in [-0.05, 0) is 53.8 Å². The van der Waals surface area contributed by atoms with Crippen LogP contribution in [0.4, 0.5) is 0 Å². The summed E-state index contributed by atoms with van der Waals surface area (Å²) in [7, 11) is -2.60. The molecule has 182 valence electrons. The second kappa shape index (κ2) is 9.58. The predicted octanol–water partition coefficient (Wildman–Crippen LogP) is 5.45. The zero-order valence-corrected chi connectivity index (χ0v) is 21.0. The predicted molar refractivity (Wildman–Crippen MR) is 135 cm³/mol. The molecular formula is C28H29NO5S. The molecule has 1 aliphatic heterocycles. The lowest BCUT2D eigenvalue weighted by Crippen LogP contribution is -2.30. The van der Waals surface area contributed by atoms with Gasteiger partial charge < -0.3 is 14.7 Å². The zero-order valence-electron chi connectivity index (χ0n) is 20.2. The van der Waals surface area contributed by atoms with Gasteiger partial charge in [0, 0.05) is 6.54 Å². The van der Waals surface area contributed by atoms with Crippen LogP contribution in [0.25, 0.3) is 0 Å². The molecular weight excluding hydrogens is 462 g/mol. The second-order valence-electron chi connectivity index (χ2n) is 9.04. The van der Waals surface area contributed by atoms with Crippen LogP contribution in [0.1, 0.15) is 48.1 Å². The molecule has 3 aromatic carbocycles. The number of benzene rings is 3. The van der Waals surface area contributed by atoms with E-state index in [1.807, 2.05) is 37.3 Å². The highest BCUT2D eigenvalue weighted by Crippen LogP contribution is 2.43. The van der Waals surface area contributed by atoms with Crippen molar-refractivity contribution in [2.24, 2.45) is 0 Å². The number of aliphatic hydroxyl groups is 1. The fraction of sp³-hybridized carbons (Fsp3) is 0.250. The van der Waals surface area contributed by atoms with E-state index in [2.05, 4.69) is 13.8 Å². The highest BCUT2D eigenvalue weighted by molar-refractivity contribution is 7.95. The Hall–Kier alpha value is -3.58. The number of amides is 1. The van der Waals surface area contributed by atoms with Crippen LogP contribution in [-0.4, -0.2) is 31.4 Å². The smallest absolute Gasteiger partial charge is 0.290 e. The van der Waals surface area contributed by atoms with Crippen LogP contribution in [0, 0.1) is 6.92 Å². The molecule has 1 aliphatic rings. The van der Waals surface area contributed by atoms with Gasteiger partial charge in [0.2, 0.25) is 9.84 Å². The van der Waals surface area contributed by atoms with E-state index in [9.17, 15) is 18.3 Å². The van der Waals surface area contributed by atoms with Crippen LogP contribution in [0.5, 0.6) is 5.75 Å². The SMILES string of the molecule is COc1cccc(CN2C(=O)C(O)=C(S(=O)(=O)c3ccc(C)cc3)[C@@H]2c2ccc(C(C)C)cc2)c1. The van der Waals surface area contributed by atoms with Crippen molar-refractivity contribution in [1.29, 1.82) is 0 Å². The van der Waals surface area contributed by atoms with Crippen molar-refractivity contribution in [2.75, 3.05) is 7.11 Å². The quantitative estimate of drug-likeness (QED) is 0.475. The minimum atomic E-state index is -4.16. The number of methoxy groups -OCH3 is 1.